The Labute approximate surface area is 179 Å². The summed E-state index contributed by atoms with van der Waals surface area (Å²) in [6.07, 6.45) is 0. The molecule has 2 aromatic carbocycles. The summed E-state index contributed by atoms with van der Waals surface area (Å²) in [6, 6.07) is 12.9. The molecule has 8 heteroatoms. The van der Waals surface area contributed by atoms with E-state index in [0.717, 1.165) is 11.3 Å². The SMILES string of the molecule is CCOC(=O)C1=C(C)Nc2nc(-c3ccc(OCC)cc3)nn2C1c1ccccc1F. The Hall–Kier alpha value is -3.68. The largest absolute Gasteiger partial charge is 0.494 e. The smallest absolute Gasteiger partial charge is 0.338 e. The van der Waals surface area contributed by atoms with Crippen molar-refractivity contribution in [3.8, 4) is 17.1 Å². The van der Waals surface area contributed by atoms with E-state index in [1.165, 1.54) is 10.7 Å². The first-order valence-electron chi connectivity index (χ1n) is 10.1. The highest BCUT2D eigenvalue weighted by atomic mass is 19.1. The fraction of sp³-hybridized carbons (Fsp3) is 0.261. The number of nitrogens with one attached hydrogen (secondary N) is 1. The van der Waals surface area contributed by atoms with E-state index in [2.05, 4.69) is 15.4 Å². The van der Waals surface area contributed by atoms with Crippen LogP contribution in [0.15, 0.2) is 59.8 Å². The number of aromatic nitrogens is 3. The summed E-state index contributed by atoms with van der Waals surface area (Å²) in [6.45, 7) is 6.18. The third-order valence-electron chi connectivity index (χ3n) is 4.97. The van der Waals surface area contributed by atoms with E-state index in [-0.39, 0.29) is 6.61 Å². The quantitative estimate of drug-likeness (QED) is 0.596. The lowest BCUT2D eigenvalue weighted by Gasteiger charge is -2.28. The number of rotatable bonds is 6. The molecule has 1 aliphatic heterocycles. The van der Waals surface area contributed by atoms with Gasteiger partial charge in [-0.15, -0.1) is 5.10 Å². The number of carbonyl (C=O) groups excluding carboxylic acids is 1. The highest BCUT2D eigenvalue weighted by Gasteiger charge is 2.36. The Morgan fingerprint density at radius 3 is 2.55 bits per heavy atom. The molecule has 160 valence electrons. The van der Waals surface area contributed by atoms with Crippen molar-refractivity contribution < 1.29 is 18.7 Å². The van der Waals surface area contributed by atoms with Crippen molar-refractivity contribution in [2.45, 2.75) is 26.8 Å². The van der Waals surface area contributed by atoms with Crippen molar-refractivity contribution in [1.29, 1.82) is 0 Å². The van der Waals surface area contributed by atoms with Crippen molar-refractivity contribution in [2.75, 3.05) is 18.5 Å². The minimum Gasteiger partial charge on any atom is -0.494 e. The van der Waals surface area contributed by atoms with Gasteiger partial charge < -0.3 is 14.8 Å². The normalized spacial score (nSPS) is 15.3. The summed E-state index contributed by atoms with van der Waals surface area (Å²) in [5.74, 6) is 0.657. The highest BCUT2D eigenvalue weighted by molar-refractivity contribution is 5.92. The Morgan fingerprint density at radius 2 is 1.87 bits per heavy atom. The average Bonchev–Trinajstić information content (AvgIpc) is 3.18. The minimum atomic E-state index is -0.805. The summed E-state index contributed by atoms with van der Waals surface area (Å²) in [5, 5.41) is 7.73. The number of allylic oxidation sites excluding steroid dienone is 1. The average molecular weight is 422 g/mol. The van der Waals surface area contributed by atoms with E-state index in [1.807, 2.05) is 31.2 Å². The maximum Gasteiger partial charge on any atom is 0.338 e. The van der Waals surface area contributed by atoms with Crippen molar-refractivity contribution in [1.82, 2.24) is 14.8 Å². The van der Waals surface area contributed by atoms with Crippen LogP contribution in [0.1, 0.15) is 32.4 Å². The second-order valence-corrected chi connectivity index (χ2v) is 6.97. The molecule has 1 N–H and O–H groups in total. The maximum absolute atomic E-state index is 14.8. The van der Waals surface area contributed by atoms with E-state index in [9.17, 15) is 9.18 Å². The lowest BCUT2D eigenvalue weighted by Crippen LogP contribution is -2.30. The van der Waals surface area contributed by atoms with Crippen molar-refractivity contribution in [3.05, 3.63) is 71.2 Å². The van der Waals surface area contributed by atoms with Gasteiger partial charge in [-0.2, -0.15) is 4.98 Å². The fourth-order valence-corrected chi connectivity index (χ4v) is 3.60. The van der Waals surface area contributed by atoms with Gasteiger partial charge in [-0.05, 0) is 51.1 Å². The van der Waals surface area contributed by atoms with Crippen LogP contribution in [0.3, 0.4) is 0 Å². The van der Waals surface area contributed by atoms with Gasteiger partial charge in [0.25, 0.3) is 0 Å². The van der Waals surface area contributed by atoms with Gasteiger partial charge in [0.1, 0.15) is 17.6 Å². The predicted octanol–water partition coefficient (Wildman–Crippen LogP) is 4.33. The second kappa shape index (κ2) is 8.59. The van der Waals surface area contributed by atoms with Crippen LogP contribution in [-0.2, 0) is 9.53 Å². The Kier molecular flexibility index (Phi) is 5.70. The number of carbonyl (C=O) groups is 1. The molecule has 0 fully saturated rings. The summed E-state index contributed by atoms with van der Waals surface area (Å²) >= 11 is 0. The lowest BCUT2D eigenvalue weighted by molar-refractivity contribution is -0.139. The molecule has 1 aliphatic rings. The van der Waals surface area contributed by atoms with E-state index in [1.54, 1.807) is 32.0 Å². The maximum atomic E-state index is 14.8. The van der Waals surface area contributed by atoms with Gasteiger partial charge in [-0.3, -0.25) is 0 Å². The number of hydrogen-bond donors (Lipinski definition) is 1. The predicted molar refractivity (Wildman–Crippen MR) is 114 cm³/mol. The molecule has 0 bridgehead atoms. The zero-order valence-corrected chi connectivity index (χ0v) is 17.6. The number of fused-ring (bicyclic) bond motifs is 1. The summed E-state index contributed by atoms with van der Waals surface area (Å²) in [7, 11) is 0. The van der Waals surface area contributed by atoms with Crippen LogP contribution in [-0.4, -0.2) is 33.9 Å². The molecule has 2 heterocycles. The minimum absolute atomic E-state index is 0.210. The van der Waals surface area contributed by atoms with Gasteiger partial charge in [0.15, 0.2) is 5.82 Å². The molecule has 0 aliphatic carbocycles. The molecular weight excluding hydrogens is 399 g/mol. The first kappa shape index (κ1) is 20.6. The van der Waals surface area contributed by atoms with Gasteiger partial charge in [0.2, 0.25) is 5.95 Å². The number of anilines is 1. The molecule has 1 atom stereocenters. The Morgan fingerprint density at radius 1 is 1.13 bits per heavy atom. The van der Waals surface area contributed by atoms with Gasteiger partial charge in [-0.1, -0.05) is 18.2 Å². The van der Waals surface area contributed by atoms with E-state index in [0.29, 0.717) is 35.2 Å². The number of hydrogen-bond acceptors (Lipinski definition) is 6. The Bertz CT molecular complexity index is 1140. The number of esters is 1. The van der Waals surface area contributed by atoms with Gasteiger partial charge in [0, 0.05) is 16.8 Å². The zero-order valence-electron chi connectivity index (χ0n) is 17.6. The highest BCUT2D eigenvalue weighted by Crippen LogP contribution is 2.37. The molecule has 4 rings (SSSR count). The standard InChI is InChI=1S/C23H23FN4O3/c1-4-30-16-12-10-15(11-13-16)21-26-23-25-14(3)19(22(29)31-5-2)20(28(23)27-21)17-8-6-7-9-18(17)24/h6-13,20H,4-5H2,1-3H3,(H,25,26,27). The van der Waals surface area contributed by atoms with Crippen molar-refractivity contribution in [2.24, 2.45) is 0 Å². The van der Waals surface area contributed by atoms with Gasteiger partial charge >= 0.3 is 5.97 Å². The third kappa shape index (κ3) is 3.88. The lowest BCUT2D eigenvalue weighted by atomic mass is 9.95. The first-order valence-corrected chi connectivity index (χ1v) is 10.1. The Balaban J connectivity index is 1.81. The third-order valence-corrected chi connectivity index (χ3v) is 4.97. The number of benzene rings is 2. The second-order valence-electron chi connectivity index (χ2n) is 6.97. The van der Waals surface area contributed by atoms with E-state index in [4.69, 9.17) is 9.47 Å². The van der Waals surface area contributed by atoms with Crippen LogP contribution in [0.5, 0.6) is 5.75 Å². The molecule has 7 nitrogen and oxygen atoms in total. The van der Waals surface area contributed by atoms with E-state index >= 15 is 0 Å². The first-order chi connectivity index (χ1) is 15.0. The van der Waals surface area contributed by atoms with Crippen LogP contribution >= 0.6 is 0 Å². The summed E-state index contributed by atoms with van der Waals surface area (Å²) in [4.78, 5) is 17.4. The topological polar surface area (TPSA) is 78.3 Å². The number of ether oxygens (including phenoxy) is 2. The van der Waals surface area contributed by atoms with Crippen LogP contribution in [0.4, 0.5) is 10.3 Å². The monoisotopic (exact) mass is 422 g/mol. The van der Waals surface area contributed by atoms with Gasteiger partial charge in [-0.25, -0.2) is 13.9 Å². The van der Waals surface area contributed by atoms with Crippen LogP contribution in [0, 0.1) is 5.82 Å². The summed E-state index contributed by atoms with van der Waals surface area (Å²) in [5.41, 5.74) is 1.93. The fourth-order valence-electron chi connectivity index (χ4n) is 3.60. The van der Waals surface area contributed by atoms with Crippen molar-refractivity contribution >= 4 is 11.9 Å². The van der Waals surface area contributed by atoms with Gasteiger partial charge in [0.05, 0.1) is 18.8 Å². The van der Waals surface area contributed by atoms with Crippen LogP contribution < -0.4 is 10.1 Å². The molecule has 0 saturated heterocycles. The molecule has 0 saturated carbocycles. The molecule has 1 aromatic heterocycles. The number of nitrogens with zero attached hydrogens (tertiary/aromatic N) is 3. The molecule has 0 radical (unpaired) electrons. The molecule has 0 amide bonds. The molecule has 1 unspecified atom stereocenters. The van der Waals surface area contributed by atoms with Crippen molar-refractivity contribution in [3.63, 3.8) is 0 Å². The van der Waals surface area contributed by atoms with Crippen LogP contribution in [0.2, 0.25) is 0 Å². The molecular formula is C23H23FN4O3. The summed E-state index contributed by atoms with van der Waals surface area (Å²) < 4.78 is 27.1. The molecule has 0 spiro atoms. The van der Waals surface area contributed by atoms with Crippen LogP contribution in [0.25, 0.3) is 11.4 Å². The van der Waals surface area contributed by atoms with E-state index < -0.39 is 17.8 Å². The zero-order chi connectivity index (χ0) is 22.0. The molecule has 3 aromatic rings. The molecule has 31 heavy (non-hydrogen) atoms. The number of halogens is 1.